The smallest absolute Gasteiger partial charge is 0.253 e. The molecule has 10 heteroatoms. The minimum atomic E-state index is 0.0183. The van der Waals surface area contributed by atoms with E-state index in [9.17, 15) is 9.59 Å². The quantitative estimate of drug-likeness (QED) is 0.675. The van der Waals surface area contributed by atoms with Crippen LogP contribution in [0.3, 0.4) is 0 Å². The lowest BCUT2D eigenvalue weighted by Crippen LogP contribution is -2.53. The van der Waals surface area contributed by atoms with E-state index in [0.29, 0.717) is 51.5 Å². The number of rotatable bonds is 6. The standard InChI is InChI=1S/C20H26N6O3S/c27-18(13-24-9-11-29-12-10-24)25-5-7-26(8-6-25)19(28)17-3-1-16(2-4-17)14-30-20-21-15-22-23-20/h1-4,15H,5-14H2,(H,21,22,23). The molecule has 160 valence electrons. The highest BCUT2D eigenvalue weighted by atomic mass is 32.2. The van der Waals surface area contributed by atoms with Gasteiger partial charge in [-0.05, 0) is 17.7 Å². The molecule has 2 aromatic rings. The Morgan fingerprint density at radius 2 is 1.70 bits per heavy atom. The molecule has 0 aliphatic carbocycles. The number of nitrogens with zero attached hydrogens (tertiary/aromatic N) is 5. The summed E-state index contributed by atoms with van der Waals surface area (Å²) in [5, 5.41) is 7.42. The molecule has 4 rings (SSSR count). The zero-order valence-corrected chi connectivity index (χ0v) is 17.6. The Hall–Kier alpha value is -2.43. The van der Waals surface area contributed by atoms with E-state index in [1.807, 2.05) is 34.1 Å². The van der Waals surface area contributed by atoms with Crippen LogP contribution in [0.2, 0.25) is 0 Å². The minimum absolute atomic E-state index is 0.0183. The van der Waals surface area contributed by atoms with E-state index in [1.165, 1.54) is 6.33 Å². The Kier molecular flexibility index (Phi) is 6.98. The summed E-state index contributed by atoms with van der Waals surface area (Å²) in [7, 11) is 0. The van der Waals surface area contributed by atoms with Crippen molar-refractivity contribution in [1.29, 1.82) is 0 Å². The maximum Gasteiger partial charge on any atom is 0.253 e. The highest BCUT2D eigenvalue weighted by Gasteiger charge is 2.26. The van der Waals surface area contributed by atoms with Crippen molar-refractivity contribution in [3.63, 3.8) is 0 Å². The van der Waals surface area contributed by atoms with Crippen molar-refractivity contribution >= 4 is 23.6 Å². The molecule has 2 saturated heterocycles. The monoisotopic (exact) mass is 430 g/mol. The molecule has 1 N–H and O–H groups in total. The van der Waals surface area contributed by atoms with Crippen LogP contribution in [-0.4, -0.2) is 101 Å². The van der Waals surface area contributed by atoms with Crippen molar-refractivity contribution in [2.24, 2.45) is 0 Å². The Labute approximate surface area is 179 Å². The van der Waals surface area contributed by atoms with Gasteiger partial charge in [0, 0.05) is 50.6 Å². The van der Waals surface area contributed by atoms with Gasteiger partial charge in [-0.15, -0.1) is 0 Å². The number of hydrogen-bond donors (Lipinski definition) is 1. The lowest BCUT2D eigenvalue weighted by molar-refractivity contribution is -0.134. The molecule has 0 radical (unpaired) electrons. The Morgan fingerprint density at radius 1 is 1.00 bits per heavy atom. The maximum absolute atomic E-state index is 12.8. The maximum atomic E-state index is 12.8. The SMILES string of the molecule is O=C(CN1CCOCC1)N1CCN(C(=O)c2ccc(CSc3ncn[nH]3)cc2)CC1. The molecular weight excluding hydrogens is 404 g/mol. The molecule has 0 atom stereocenters. The van der Waals surface area contributed by atoms with E-state index < -0.39 is 0 Å². The van der Waals surface area contributed by atoms with E-state index in [-0.39, 0.29) is 11.8 Å². The average Bonchev–Trinajstić information content (AvgIpc) is 3.32. The van der Waals surface area contributed by atoms with Gasteiger partial charge in [-0.1, -0.05) is 23.9 Å². The van der Waals surface area contributed by atoms with Crippen molar-refractivity contribution in [1.82, 2.24) is 29.9 Å². The van der Waals surface area contributed by atoms with Gasteiger partial charge in [0.25, 0.3) is 5.91 Å². The average molecular weight is 431 g/mol. The number of amides is 2. The normalized spacial score (nSPS) is 17.9. The number of carbonyl (C=O) groups excluding carboxylic acids is 2. The van der Waals surface area contributed by atoms with E-state index >= 15 is 0 Å². The number of aromatic amines is 1. The highest BCUT2D eigenvalue weighted by Crippen LogP contribution is 2.19. The van der Waals surface area contributed by atoms with E-state index in [4.69, 9.17) is 4.74 Å². The van der Waals surface area contributed by atoms with Gasteiger partial charge in [-0.25, -0.2) is 4.98 Å². The fraction of sp³-hybridized carbons (Fsp3) is 0.500. The van der Waals surface area contributed by atoms with Crippen molar-refractivity contribution in [3.05, 3.63) is 41.7 Å². The Balaban J connectivity index is 1.24. The van der Waals surface area contributed by atoms with Crippen LogP contribution >= 0.6 is 11.8 Å². The van der Waals surface area contributed by atoms with Gasteiger partial charge in [0.2, 0.25) is 5.91 Å². The first-order valence-corrected chi connectivity index (χ1v) is 11.1. The molecule has 0 saturated carbocycles. The number of aromatic nitrogens is 3. The zero-order valence-electron chi connectivity index (χ0n) is 16.8. The second-order valence-electron chi connectivity index (χ2n) is 7.34. The van der Waals surface area contributed by atoms with Gasteiger partial charge in [0.1, 0.15) is 6.33 Å². The third kappa shape index (κ3) is 5.38. The van der Waals surface area contributed by atoms with Crippen LogP contribution in [0.1, 0.15) is 15.9 Å². The third-order valence-electron chi connectivity index (χ3n) is 5.35. The van der Waals surface area contributed by atoms with Gasteiger partial charge in [-0.3, -0.25) is 19.6 Å². The summed E-state index contributed by atoms with van der Waals surface area (Å²) in [6.45, 7) is 5.72. The second kappa shape index (κ2) is 10.1. The van der Waals surface area contributed by atoms with E-state index in [0.717, 1.165) is 29.6 Å². The molecule has 0 bridgehead atoms. The summed E-state index contributed by atoms with van der Waals surface area (Å²) >= 11 is 1.57. The van der Waals surface area contributed by atoms with Crippen LogP contribution < -0.4 is 0 Å². The van der Waals surface area contributed by atoms with Crippen LogP contribution in [0.5, 0.6) is 0 Å². The van der Waals surface area contributed by atoms with Crippen molar-refractivity contribution in [2.75, 3.05) is 59.0 Å². The van der Waals surface area contributed by atoms with Crippen molar-refractivity contribution < 1.29 is 14.3 Å². The fourth-order valence-corrected chi connectivity index (χ4v) is 4.29. The molecular formula is C20H26N6O3S. The molecule has 2 fully saturated rings. The molecule has 0 unspecified atom stereocenters. The number of ether oxygens (including phenoxy) is 1. The summed E-state index contributed by atoms with van der Waals surface area (Å²) in [6.07, 6.45) is 1.49. The predicted molar refractivity (Wildman–Crippen MR) is 112 cm³/mol. The molecule has 30 heavy (non-hydrogen) atoms. The topological polar surface area (TPSA) is 94.7 Å². The summed E-state index contributed by atoms with van der Waals surface area (Å²) in [6, 6.07) is 7.68. The zero-order chi connectivity index (χ0) is 20.8. The fourth-order valence-electron chi connectivity index (χ4n) is 3.55. The van der Waals surface area contributed by atoms with Crippen LogP contribution in [0.4, 0.5) is 0 Å². The van der Waals surface area contributed by atoms with Crippen LogP contribution in [0.15, 0.2) is 35.7 Å². The molecule has 3 heterocycles. The van der Waals surface area contributed by atoms with Gasteiger partial charge >= 0.3 is 0 Å². The van der Waals surface area contributed by atoms with Crippen LogP contribution in [0.25, 0.3) is 0 Å². The number of piperazine rings is 1. The lowest BCUT2D eigenvalue weighted by Gasteiger charge is -2.36. The number of thioether (sulfide) groups is 1. The molecule has 9 nitrogen and oxygen atoms in total. The Bertz CT molecular complexity index is 831. The van der Waals surface area contributed by atoms with Gasteiger partial charge in [0.05, 0.1) is 19.8 Å². The molecule has 2 aliphatic heterocycles. The summed E-state index contributed by atoms with van der Waals surface area (Å²) < 4.78 is 5.33. The highest BCUT2D eigenvalue weighted by molar-refractivity contribution is 7.98. The third-order valence-corrected chi connectivity index (χ3v) is 6.30. The van der Waals surface area contributed by atoms with Crippen LogP contribution in [-0.2, 0) is 15.3 Å². The summed E-state index contributed by atoms with van der Waals surface area (Å²) in [5.41, 5.74) is 1.79. The van der Waals surface area contributed by atoms with Gasteiger partial charge in [-0.2, -0.15) is 5.10 Å². The first-order chi connectivity index (χ1) is 14.7. The predicted octanol–water partition coefficient (Wildman–Crippen LogP) is 0.714. The first-order valence-electron chi connectivity index (χ1n) is 10.1. The first kappa shape index (κ1) is 20.8. The summed E-state index contributed by atoms with van der Waals surface area (Å²) in [4.78, 5) is 35.3. The molecule has 2 aliphatic rings. The van der Waals surface area contributed by atoms with Crippen molar-refractivity contribution in [3.8, 4) is 0 Å². The van der Waals surface area contributed by atoms with Gasteiger partial charge < -0.3 is 14.5 Å². The second-order valence-corrected chi connectivity index (χ2v) is 8.30. The lowest BCUT2D eigenvalue weighted by atomic mass is 10.1. The Morgan fingerprint density at radius 3 is 2.37 bits per heavy atom. The van der Waals surface area contributed by atoms with E-state index in [1.54, 1.807) is 11.8 Å². The molecule has 1 aromatic heterocycles. The largest absolute Gasteiger partial charge is 0.379 e. The number of carbonyl (C=O) groups is 2. The molecule has 2 amide bonds. The van der Waals surface area contributed by atoms with Gasteiger partial charge in [0.15, 0.2) is 5.16 Å². The van der Waals surface area contributed by atoms with E-state index in [2.05, 4.69) is 20.1 Å². The number of hydrogen-bond acceptors (Lipinski definition) is 7. The molecule has 1 aromatic carbocycles. The number of nitrogens with one attached hydrogen (secondary N) is 1. The van der Waals surface area contributed by atoms with Crippen molar-refractivity contribution in [2.45, 2.75) is 10.9 Å². The van der Waals surface area contributed by atoms with Crippen LogP contribution in [0, 0.1) is 0 Å². The molecule has 0 spiro atoms. The number of H-pyrrole nitrogens is 1. The summed E-state index contributed by atoms with van der Waals surface area (Å²) in [5.74, 6) is 0.912. The minimum Gasteiger partial charge on any atom is -0.379 e. The number of morpholine rings is 1. The number of benzene rings is 1.